The van der Waals surface area contributed by atoms with E-state index in [9.17, 15) is 4.79 Å². The van der Waals surface area contributed by atoms with Crippen molar-refractivity contribution in [2.24, 2.45) is 0 Å². The SMILES string of the molecule is COc1cccc(C(=O)N2[C@H]3CC[C@@H]2c2cnc(C4CC4)nc2C3)c1. The number of benzene rings is 1. The Hall–Kier alpha value is -2.43. The van der Waals surface area contributed by atoms with Crippen LogP contribution in [-0.2, 0) is 6.42 Å². The van der Waals surface area contributed by atoms with Crippen LogP contribution in [0.2, 0.25) is 0 Å². The van der Waals surface area contributed by atoms with Crippen LogP contribution in [0.4, 0.5) is 0 Å². The Labute approximate surface area is 147 Å². The first-order chi connectivity index (χ1) is 12.2. The third-order valence-electron chi connectivity index (χ3n) is 5.70. The van der Waals surface area contributed by atoms with Gasteiger partial charge in [0.25, 0.3) is 5.91 Å². The number of ether oxygens (including phenoxy) is 1. The third-order valence-corrected chi connectivity index (χ3v) is 5.70. The van der Waals surface area contributed by atoms with Crippen molar-refractivity contribution in [3.05, 3.63) is 53.1 Å². The molecule has 2 fully saturated rings. The van der Waals surface area contributed by atoms with E-state index in [0.29, 0.717) is 17.2 Å². The Balaban J connectivity index is 1.48. The van der Waals surface area contributed by atoms with E-state index >= 15 is 0 Å². The van der Waals surface area contributed by atoms with Gasteiger partial charge in [0.15, 0.2) is 0 Å². The fourth-order valence-corrected chi connectivity index (χ4v) is 4.25. The first kappa shape index (κ1) is 14.9. The number of hydrogen-bond donors (Lipinski definition) is 0. The lowest BCUT2D eigenvalue weighted by Gasteiger charge is -2.35. The summed E-state index contributed by atoms with van der Waals surface area (Å²) in [7, 11) is 1.62. The largest absolute Gasteiger partial charge is 0.497 e. The highest BCUT2D eigenvalue weighted by Crippen LogP contribution is 2.45. The van der Waals surface area contributed by atoms with Crippen molar-refractivity contribution in [1.82, 2.24) is 14.9 Å². The summed E-state index contributed by atoms with van der Waals surface area (Å²) in [6.07, 6.45) is 7.30. The van der Waals surface area contributed by atoms with Crippen molar-refractivity contribution in [3.63, 3.8) is 0 Å². The molecule has 2 atom stereocenters. The molecular weight excluding hydrogens is 314 g/mol. The fraction of sp³-hybridized carbons (Fsp3) is 0.450. The van der Waals surface area contributed by atoms with Crippen LogP contribution < -0.4 is 4.74 Å². The van der Waals surface area contributed by atoms with Gasteiger partial charge in [-0.05, 0) is 43.9 Å². The zero-order valence-electron chi connectivity index (χ0n) is 14.3. The standard InChI is InChI=1S/C20H21N3O2/c1-25-15-4-2-3-13(9-15)20(24)23-14-7-8-18(23)16-11-21-19(12-5-6-12)22-17(16)10-14/h2-4,9,11-12,14,18H,5-8,10H2,1H3/t14-,18+/m0/s1. The topological polar surface area (TPSA) is 55.3 Å². The van der Waals surface area contributed by atoms with E-state index in [1.54, 1.807) is 7.11 Å². The smallest absolute Gasteiger partial charge is 0.254 e. The number of hydrogen-bond acceptors (Lipinski definition) is 4. The fourth-order valence-electron chi connectivity index (χ4n) is 4.25. The molecule has 2 aliphatic heterocycles. The molecule has 25 heavy (non-hydrogen) atoms. The number of fused-ring (bicyclic) bond motifs is 4. The molecule has 2 bridgehead atoms. The van der Waals surface area contributed by atoms with Gasteiger partial charge in [-0.15, -0.1) is 0 Å². The van der Waals surface area contributed by atoms with Crippen LogP contribution in [0.25, 0.3) is 0 Å². The minimum atomic E-state index is 0.0864. The summed E-state index contributed by atoms with van der Waals surface area (Å²) >= 11 is 0. The predicted molar refractivity (Wildman–Crippen MR) is 92.6 cm³/mol. The van der Waals surface area contributed by atoms with E-state index in [1.165, 1.54) is 18.5 Å². The van der Waals surface area contributed by atoms with Crippen LogP contribution in [0.3, 0.4) is 0 Å². The number of amides is 1. The molecule has 5 heteroatoms. The Bertz CT molecular complexity index is 847. The van der Waals surface area contributed by atoms with Crippen LogP contribution >= 0.6 is 0 Å². The summed E-state index contributed by atoms with van der Waals surface area (Å²) in [5.74, 6) is 2.38. The number of carbonyl (C=O) groups is 1. The maximum atomic E-state index is 13.2. The number of aromatic nitrogens is 2. The lowest BCUT2D eigenvalue weighted by Crippen LogP contribution is -2.42. The first-order valence-corrected chi connectivity index (χ1v) is 9.07. The van der Waals surface area contributed by atoms with E-state index in [4.69, 9.17) is 9.72 Å². The predicted octanol–water partition coefficient (Wildman–Crippen LogP) is 3.26. The van der Waals surface area contributed by atoms with Gasteiger partial charge in [0.05, 0.1) is 18.8 Å². The van der Waals surface area contributed by atoms with Gasteiger partial charge in [-0.25, -0.2) is 9.97 Å². The molecule has 2 aromatic rings. The van der Waals surface area contributed by atoms with E-state index < -0.39 is 0 Å². The Morgan fingerprint density at radius 1 is 1.24 bits per heavy atom. The van der Waals surface area contributed by atoms with Gasteiger partial charge in [0.1, 0.15) is 11.6 Å². The Kier molecular flexibility index (Phi) is 3.30. The molecule has 3 aliphatic rings. The minimum absolute atomic E-state index is 0.0864. The van der Waals surface area contributed by atoms with E-state index in [1.807, 2.05) is 30.5 Å². The highest BCUT2D eigenvalue weighted by molar-refractivity contribution is 5.95. The molecular formula is C20H21N3O2. The van der Waals surface area contributed by atoms with E-state index in [0.717, 1.165) is 30.7 Å². The van der Waals surface area contributed by atoms with E-state index in [-0.39, 0.29) is 18.0 Å². The maximum Gasteiger partial charge on any atom is 0.254 e. The van der Waals surface area contributed by atoms with Crippen molar-refractivity contribution >= 4 is 5.91 Å². The highest BCUT2D eigenvalue weighted by Gasteiger charge is 2.44. The second-order valence-corrected chi connectivity index (χ2v) is 7.30. The molecule has 5 nitrogen and oxygen atoms in total. The molecule has 1 aliphatic carbocycles. The molecule has 128 valence electrons. The average Bonchev–Trinajstić information content (AvgIpc) is 3.45. The first-order valence-electron chi connectivity index (χ1n) is 9.07. The molecule has 1 saturated heterocycles. The lowest BCUT2D eigenvalue weighted by atomic mass is 9.98. The molecule has 5 rings (SSSR count). The minimum Gasteiger partial charge on any atom is -0.497 e. The molecule has 0 unspecified atom stereocenters. The van der Waals surface area contributed by atoms with E-state index in [2.05, 4.69) is 9.88 Å². The molecule has 1 aromatic carbocycles. The maximum absolute atomic E-state index is 13.2. The van der Waals surface area contributed by atoms with Gasteiger partial charge in [-0.1, -0.05) is 6.07 Å². The highest BCUT2D eigenvalue weighted by atomic mass is 16.5. The molecule has 1 amide bonds. The van der Waals surface area contributed by atoms with Crippen molar-refractivity contribution in [2.75, 3.05) is 7.11 Å². The van der Waals surface area contributed by atoms with Gasteiger partial charge in [-0.3, -0.25) is 4.79 Å². The summed E-state index contributed by atoms with van der Waals surface area (Å²) in [4.78, 5) is 24.6. The van der Waals surface area contributed by atoms with Crippen LogP contribution in [0.5, 0.6) is 5.75 Å². The summed E-state index contributed by atoms with van der Waals surface area (Å²) in [5, 5.41) is 0. The lowest BCUT2D eigenvalue weighted by molar-refractivity contribution is 0.0643. The van der Waals surface area contributed by atoms with Crippen molar-refractivity contribution in [3.8, 4) is 5.75 Å². The van der Waals surface area contributed by atoms with Gasteiger partial charge in [0.2, 0.25) is 0 Å². The van der Waals surface area contributed by atoms with Crippen LogP contribution in [0.1, 0.15) is 65.1 Å². The summed E-state index contributed by atoms with van der Waals surface area (Å²) < 4.78 is 5.27. The van der Waals surface area contributed by atoms with Gasteiger partial charge in [-0.2, -0.15) is 0 Å². The number of nitrogens with zero attached hydrogens (tertiary/aromatic N) is 3. The Morgan fingerprint density at radius 2 is 2.12 bits per heavy atom. The van der Waals surface area contributed by atoms with Crippen LogP contribution in [0, 0.1) is 0 Å². The molecule has 1 aromatic heterocycles. The zero-order valence-corrected chi connectivity index (χ0v) is 14.3. The van der Waals surface area contributed by atoms with Crippen molar-refractivity contribution in [1.29, 1.82) is 0 Å². The van der Waals surface area contributed by atoms with Gasteiger partial charge in [0, 0.05) is 35.7 Å². The van der Waals surface area contributed by atoms with Crippen LogP contribution in [0.15, 0.2) is 30.5 Å². The second kappa shape index (κ2) is 5.55. The van der Waals surface area contributed by atoms with Crippen molar-refractivity contribution < 1.29 is 9.53 Å². The number of carbonyl (C=O) groups excluding carboxylic acids is 1. The molecule has 3 heterocycles. The Morgan fingerprint density at radius 3 is 2.92 bits per heavy atom. The molecule has 0 radical (unpaired) electrons. The van der Waals surface area contributed by atoms with Gasteiger partial charge < -0.3 is 9.64 Å². The average molecular weight is 335 g/mol. The summed E-state index contributed by atoms with van der Waals surface area (Å²) in [5.41, 5.74) is 3.00. The quantitative estimate of drug-likeness (QED) is 0.864. The van der Waals surface area contributed by atoms with Crippen LogP contribution in [-0.4, -0.2) is 33.9 Å². The summed E-state index contributed by atoms with van der Waals surface area (Å²) in [6.45, 7) is 0. The summed E-state index contributed by atoms with van der Waals surface area (Å²) in [6, 6.07) is 7.79. The second-order valence-electron chi connectivity index (χ2n) is 7.30. The number of methoxy groups -OCH3 is 1. The normalized spacial score (nSPS) is 24.1. The monoisotopic (exact) mass is 335 g/mol. The molecule has 0 N–H and O–H groups in total. The zero-order chi connectivity index (χ0) is 17.0. The van der Waals surface area contributed by atoms with Gasteiger partial charge >= 0.3 is 0 Å². The molecule has 0 spiro atoms. The molecule has 1 saturated carbocycles. The third kappa shape index (κ3) is 2.41. The van der Waals surface area contributed by atoms with Crippen molar-refractivity contribution in [2.45, 2.75) is 50.1 Å². The number of rotatable bonds is 3.